The Labute approximate surface area is 221 Å². The molecule has 0 bridgehead atoms. The zero-order chi connectivity index (χ0) is 28.0. The molecule has 2 heterocycles. The highest BCUT2D eigenvalue weighted by Crippen LogP contribution is 2.37. The van der Waals surface area contributed by atoms with Gasteiger partial charge >= 0.3 is 18.3 Å². The number of hydrogen-bond acceptors (Lipinski definition) is 4. The molecule has 5 nitrogen and oxygen atoms in total. The molecule has 4 aromatic rings. The molecule has 0 atom stereocenters. The van der Waals surface area contributed by atoms with Crippen molar-refractivity contribution in [3.8, 4) is 17.0 Å². The highest BCUT2D eigenvalue weighted by atomic mass is 79.9. The van der Waals surface area contributed by atoms with E-state index in [1.165, 1.54) is 18.2 Å². The first-order chi connectivity index (χ1) is 17.5. The highest BCUT2D eigenvalue weighted by Gasteiger charge is 2.37. The number of carbonyl (C=O) groups excluding carboxylic acids is 1. The monoisotopic (exact) mass is 599 g/mol. The molecule has 1 N–H and O–H groups in total. The van der Waals surface area contributed by atoms with Crippen LogP contribution in [0.4, 0.5) is 32.2 Å². The van der Waals surface area contributed by atoms with Gasteiger partial charge in [-0.3, -0.25) is 4.40 Å². The van der Waals surface area contributed by atoms with Crippen LogP contribution in [-0.2, 0) is 12.4 Å². The van der Waals surface area contributed by atoms with Crippen molar-refractivity contribution < 1.29 is 35.9 Å². The second-order valence-electron chi connectivity index (χ2n) is 9.47. The summed E-state index contributed by atoms with van der Waals surface area (Å²) in [6.07, 6.45) is -8.37. The summed E-state index contributed by atoms with van der Waals surface area (Å²) in [5, 5.41) is 3.38. The summed E-state index contributed by atoms with van der Waals surface area (Å²) in [7, 11) is 0. The van der Waals surface area contributed by atoms with E-state index in [4.69, 9.17) is 4.74 Å². The number of nitrogens with one attached hydrogen (secondary N) is 1. The number of carbonyl (C=O) groups is 1. The summed E-state index contributed by atoms with van der Waals surface area (Å²) in [4.78, 5) is 17.3. The van der Waals surface area contributed by atoms with Crippen molar-refractivity contribution in [1.82, 2.24) is 9.38 Å². The van der Waals surface area contributed by atoms with Crippen LogP contribution in [-0.4, -0.2) is 20.9 Å². The number of nitrogens with zero attached hydrogens (tertiary/aromatic N) is 2. The van der Waals surface area contributed by atoms with Gasteiger partial charge in [-0.15, -0.1) is 0 Å². The Hall–Kier alpha value is -3.54. The van der Waals surface area contributed by atoms with Crippen molar-refractivity contribution in [2.75, 3.05) is 5.32 Å². The Morgan fingerprint density at radius 2 is 1.55 bits per heavy atom. The maximum absolute atomic E-state index is 13.2. The number of ether oxygens (including phenoxy) is 1. The fraction of sp³-hybridized carbons (Fsp3) is 0.231. The van der Waals surface area contributed by atoms with Crippen molar-refractivity contribution in [1.29, 1.82) is 0 Å². The van der Waals surface area contributed by atoms with Crippen molar-refractivity contribution in [2.24, 2.45) is 0 Å². The topological polar surface area (TPSA) is 55.6 Å². The molecular formula is C26H20BrF6N3O2. The van der Waals surface area contributed by atoms with Gasteiger partial charge in [-0.2, -0.15) is 26.3 Å². The van der Waals surface area contributed by atoms with E-state index in [1.807, 2.05) is 37.4 Å². The van der Waals surface area contributed by atoms with Gasteiger partial charge in [0.05, 0.1) is 16.7 Å². The number of alkyl halides is 6. The van der Waals surface area contributed by atoms with E-state index in [-0.39, 0.29) is 17.4 Å². The average molecular weight is 600 g/mol. The van der Waals surface area contributed by atoms with Crippen LogP contribution in [0.3, 0.4) is 0 Å². The summed E-state index contributed by atoms with van der Waals surface area (Å²) < 4.78 is 87.0. The van der Waals surface area contributed by atoms with Crippen LogP contribution in [0, 0.1) is 0 Å². The Morgan fingerprint density at radius 3 is 2.13 bits per heavy atom. The van der Waals surface area contributed by atoms with Crippen LogP contribution < -0.4 is 10.1 Å². The van der Waals surface area contributed by atoms with E-state index in [9.17, 15) is 31.1 Å². The number of hydrogen-bond donors (Lipinski definition) is 1. The molecule has 0 fully saturated rings. The third kappa shape index (κ3) is 6.12. The molecule has 2 aromatic carbocycles. The van der Waals surface area contributed by atoms with E-state index in [2.05, 4.69) is 26.2 Å². The standard InChI is InChI=1S/C26H20BrF6N3O2/c1-24(2,3)35-22-21(34-20-8-7-18(27)13-36(20)22)14-5-4-6-19(11-14)38-23(37)15-9-16(25(28,29)30)12-17(10-15)26(31,32)33/h4-13,35H,1-3H3. The number of anilines is 1. The quantitative estimate of drug-likeness (QED) is 0.146. The van der Waals surface area contributed by atoms with Crippen LogP contribution >= 0.6 is 15.9 Å². The maximum Gasteiger partial charge on any atom is 0.416 e. The third-order valence-electron chi connectivity index (χ3n) is 5.22. The fourth-order valence-electron chi connectivity index (χ4n) is 3.64. The molecule has 0 radical (unpaired) electrons. The second-order valence-corrected chi connectivity index (χ2v) is 10.4. The molecule has 0 amide bonds. The number of fused-ring (bicyclic) bond motifs is 1. The van der Waals surface area contributed by atoms with Gasteiger partial charge in [0, 0.05) is 21.8 Å². The third-order valence-corrected chi connectivity index (χ3v) is 5.69. The summed E-state index contributed by atoms with van der Waals surface area (Å²) in [6.45, 7) is 5.86. The van der Waals surface area contributed by atoms with Gasteiger partial charge < -0.3 is 10.1 Å². The van der Waals surface area contributed by atoms with E-state index < -0.39 is 35.0 Å². The molecule has 0 unspecified atom stereocenters. The van der Waals surface area contributed by atoms with Gasteiger partial charge in [-0.1, -0.05) is 12.1 Å². The zero-order valence-electron chi connectivity index (χ0n) is 20.1. The number of benzene rings is 2. The minimum absolute atomic E-state index is 0.0527. The number of rotatable bonds is 4. The predicted molar refractivity (Wildman–Crippen MR) is 133 cm³/mol. The number of esters is 1. The number of aromatic nitrogens is 2. The molecule has 12 heteroatoms. The maximum atomic E-state index is 13.2. The summed E-state index contributed by atoms with van der Waals surface area (Å²) in [5.74, 6) is -0.825. The molecule has 38 heavy (non-hydrogen) atoms. The van der Waals surface area contributed by atoms with Gasteiger partial charge in [0.15, 0.2) is 0 Å². The van der Waals surface area contributed by atoms with Crippen molar-refractivity contribution in [3.63, 3.8) is 0 Å². The first-order valence-corrected chi connectivity index (χ1v) is 11.9. The highest BCUT2D eigenvalue weighted by molar-refractivity contribution is 9.10. The first-order valence-electron chi connectivity index (χ1n) is 11.1. The molecule has 0 spiro atoms. The first kappa shape index (κ1) is 27.5. The molecular weight excluding hydrogens is 580 g/mol. The van der Waals surface area contributed by atoms with Crippen LogP contribution in [0.1, 0.15) is 42.3 Å². The van der Waals surface area contributed by atoms with Crippen LogP contribution in [0.15, 0.2) is 65.3 Å². The predicted octanol–water partition coefficient (Wildman–Crippen LogP) is 8.23. The van der Waals surface area contributed by atoms with Crippen LogP contribution in [0.5, 0.6) is 5.75 Å². The number of halogens is 7. The zero-order valence-corrected chi connectivity index (χ0v) is 21.7. The fourth-order valence-corrected chi connectivity index (χ4v) is 3.98. The lowest BCUT2D eigenvalue weighted by atomic mass is 10.0. The molecule has 0 aliphatic heterocycles. The van der Waals surface area contributed by atoms with Crippen molar-refractivity contribution >= 4 is 33.4 Å². The summed E-state index contributed by atoms with van der Waals surface area (Å²) in [5.41, 5.74) is -2.86. The average Bonchev–Trinajstić information content (AvgIpc) is 3.14. The molecule has 0 aliphatic carbocycles. The van der Waals surface area contributed by atoms with Gasteiger partial charge in [-0.05, 0) is 79.2 Å². The molecule has 0 aliphatic rings. The van der Waals surface area contributed by atoms with Crippen molar-refractivity contribution in [2.45, 2.75) is 38.7 Å². The van der Waals surface area contributed by atoms with Gasteiger partial charge in [-0.25, -0.2) is 9.78 Å². The van der Waals surface area contributed by atoms with Gasteiger partial charge in [0.2, 0.25) is 0 Å². The second kappa shape index (κ2) is 9.64. The minimum Gasteiger partial charge on any atom is -0.423 e. The van der Waals surface area contributed by atoms with Crippen molar-refractivity contribution in [3.05, 3.63) is 82.0 Å². The number of imidazole rings is 1. The van der Waals surface area contributed by atoms with E-state index in [0.29, 0.717) is 34.9 Å². The Bertz CT molecular complexity index is 1490. The lowest BCUT2D eigenvalue weighted by Gasteiger charge is -2.22. The normalized spacial score (nSPS) is 12.6. The largest absolute Gasteiger partial charge is 0.423 e. The van der Waals surface area contributed by atoms with Gasteiger partial charge in [0.25, 0.3) is 0 Å². The molecule has 0 saturated carbocycles. The Kier molecular flexibility index (Phi) is 6.98. The summed E-state index contributed by atoms with van der Waals surface area (Å²) >= 11 is 3.43. The molecule has 200 valence electrons. The summed E-state index contributed by atoms with van der Waals surface area (Å²) in [6, 6.07) is 10.2. The lowest BCUT2D eigenvalue weighted by Crippen LogP contribution is -2.27. The van der Waals surface area contributed by atoms with Crippen LogP contribution in [0.2, 0.25) is 0 Å². The number of pyridine rings is 1. The van der Waals surface area contributed by atoms with Crippen LogP contribution in [0.25, 0.3) is 16.9 Å². The van der Waals surface area contributed by atoms with E-state index in [1.54, 1.807) is 12.1 Å². The Balaban J connectivity index is 1.73. The molecule has 2 aromatic heterocycles. The smallest absolute Gasteiger partial charge is 0.416 e. The van der Waals surface area contributed by atoms with E-state index in [0.717, 1.165) is 4.47 Å². The molecule has 4 rings (SSSR count). The lowest BCUT2D eigenvalue weighted by molar-refractivity contribution is -0.143. The van der Waals surface area contributed by atoms with Gasteiger partial charge in [0.1, 0.15) is 22.9 Å². The minimum atomic E-state index is -5.09. The van der Waals surface area contributed by atoms with E-state index >= 15 is 0 Å². The SMILES string of the molecule is CC(C)(C)Nc1c(-c2cccc(OC(=O)c3cc(C(F)(F)F)cc(C(F)(F)F)c3)c2)nc2ccc(Br)cn12. The Morgan fingerprint density at radius 1 is 0.921 bits per heavy atom. The molecule has 0 saturated heterocycles.